The molecule has 2 aromatic heterocycles. The zero-order chi connectivity index (χ0) is 18.3. The highest BCUT2D eigenvalue weighted by molar-refractivity contribution is 5.96. The smallest absolute Gasteiger partial charge is 0.333 e. The highest BCUT2D eigenvalue weighted by Crippen LogP contribution is 2.28. The number of nitrogens with one attached hydrogen (secondary N) is 1. The van der Waals surface area contributed by atoms with Crippen LogP contribution >= 0.6 is 0 Å². The minimum atomic E-state index is -2.74. The Morgan fingerprint density at radius 1 is 1.28 bits per heavy atom. The van der Waals surface area contributed by atoms with Crippen molar-refractivity contribution in [3.63, 3.8) is 0 Å². The molecular weight excluding hydrogens is 328 g/mol. The van der Waals surface area contributed by atoms with Crippen molar-refractivity contribution in [2.45, 2.75) is 40.7 Å². The van der Waals surface area contributed by atoms with E-state index < -0.39 is 6.55 Å². The molecule has 0 aliphatic rings. The van der Waals surface area contributed by atoms with Gasteiger partial charge in [0, 0.05) is 10.9 Å². The van der Waals surface area contributed by atoms with Crippen LogP contribution in [0.4, 0.5) is 14.5 Å². The quantitative estimate of drug-likeness (QED) is 0.759. The van der Waals surface area contributed by atoms with Crippen LogP contribution in [-0.2, 0) is 11.2 Å². The van der Waals surface area contributed by atoms with Gasteiger partial charge in [-0.2, -0.15) is 13.9 Å². The highest BCUT2D eigenvalue weighted by Gasteiger charge is 2.20. The van der Waals surface area contributed by atoms with Crippen LogP contribution < -0.4 is 5.32 Å². The summed E-state index contributed by atoms with van der Waals surface area (Å²) in [5.41, 5.74) is 4.58. The van der Waals surface area contributed by atoms with Gasteiger partial charge in [0.1, 0.15) is 5.58 Å². The maximum Gasteiger partial charge on any atom is 0.333 e. The van der Waals surface area contributed by atoms with Gasteiger partial charge in [-0.1, -0.05) is 12.1 Å². The molecule has 0 spiro atoms. The van der Waals surface area contributed by atoms with E-state index in [0.717, 1.165) is 27.7 Å². The zero-order valence-electron chi connectivity index (χ0n) is 14.5. The van der Waals surface area contributed by atoms with Crippen LogP contribution in [0.3, 0.4) is 0 Å². The number of anilines is 1. The van der Waals surface area contributed by atoms with Crippen molar-refractivity contribution < 1.29 is 18.0 Å². The third-order valence-electron chi connectivity index (χ3n) is 4.47. The van der Waals surface area contributed by atoms with Crippen LogP contribution in [0.15, 0.2) is 22.8 Å². The molecule has 132 valence electrons. The van der Waals surface area contributed by atoms with Gasteiger partial charge < -0.3 is 9.73 Å². The molecule has 2 heterocycles. The molecule has 0 unspecified atom stereocenters. The van der Waals surface area contributed by atoms with Gasteiger partial charge in [-0.05, 0) is 38.8 Å². The summed E-state index contributed by atoms with van der Waals surface area (Å²) in [7, 11) is 0. The lowest BCUT2D eigenvalue weighted by Crippen LogP contribution is -2.15. The first-order valence-electron chi connectivity index (χ1n) is 7.89. The summed E-state index contributed by atoms with van der Waals surface area (Å²) >= 11 is 0. The summed E-state index contributed by atoms with van der Waals surface area (Å²) < 4.78 is 32.0. The van der Waals surface area contributed by atoms with Crippen LogP contribution in [-0.4, -0.2) is 15.7 Å². The minimum absolute atomic E-state index is 0.0915. The number of furan rings is 1. The first kappa shape index (κ1) is 17.1. The van der Waals surface area contributed by atoms with Crippen LogP contribution in [0.2, 0.25) is 0 Å². The van der Waals surface area contributed by atoms with Gasteiger partial charge in [0.25, 0.3) is 0 Å². The number of carbonyl (C=O) groups is 1. The third-order valence-corrected chi connectivity index (χ3v) is 4.47. The van der Waals surface area contributed by atoms with Gasteiger partial charge in [-0.25, -0.2) is 4.68 Å². The topological polar surface area (TPSA) is 60.1 Å². The van der Waals surface area contributed by atoms with E-state index in [0.29, 0.717) is 16.1 Å². The molecule has 0 atom stereocenters. The molecule has 5 nitrogen and oxygen atoms in total. The summed E-state index contributed by atoms with van der Waals surface area (Å²) in [4.78, 5) is 12.4. The maximum atomic E-state index is 12.9. The lowest BCUT2D eigenvalue weighted by Gasteiger charge is -2.06. The Balaban J connectivity index is 1.84. The normalized spacial score (nSPS) is 11.5. The molecule has 0 fully saturated rings. The molecule has 7 heteroatoms. The minimum Gasteiger partial charge on any atom is -0.464 e. The van der Waals surface area contributed by atoms with E-state index in [1.54, 1.807) is 13.2 Å². The van der Waals surface area contributed by atoms with Gasteiger partial charge in [-0.15, -0.1) is 0 Å². The number of amides is 1. The first-order valence-corrected chi connectivity index (χ1v) is 7.89. The van der Waals surface area contributed by atoms with Crippen molar-refractivity contribution in [1.29, 1.82) is 0 Å². The zero-order valence-corrected chi connectivity index (χ0v) is 14.5. The van der Waals surface area contributed by atoms with Crippen molar-refractivity contribution in [3.8, 4) is 0 Å². The van der Waals surface area contributed by atoms with E-state index in [9.17, 15) is 13.6 Å². The molecule has 0 radical (unpaired) electrons. The van der Waals surface area contributed by atoms with Crippen molar-refractivity contribution >= 4 is 22.6 Å². The Hall–Kier alpha value is -2.70. The van der Waals surface area contributed by atoms with Crippen LogP contribution in [0.1, 0.15) is 34.6 Å². The molecular formula is C18H19F2N3O2. The second-order valence-electron chi connectivity index (χ2n) is 6.14. The second kappa shape index (κ2) is 6.31. The molecule has 1 amide bonds. The van der Waals surface area contributed by atoms with Gasteiger partial charge in [0.05, 0.1) is 29.8 Å². The lowest BCUT2D eigenvalue weighted by atomic mass is 10.0. The summed E-state index contributed by atoms with van der Waals surface area (Å²) in [6.45, 7) is 4.31. The molecule has 0 saturated heterocycles. The van der Waals surface area contributed by atoms with Gasteiger partial charge >= 0.3 is 6.55 Å². The number of benzene rings is 1. The van der Waals surface area contributed by atoms with E-state index in [1.165, 1.54) is 6.92 Å². The standard InChI is InChI=1S/C18H19F2N3O2/c1-9-5-6-14-13(8-25-17(14)10(9)2)7-15(24)21-16-11(3)22-23(12(16)4)18(19)20/h5-6,8,18H,7H2,1-4H3,(H,21,24). The monoisotopic (exact) mass is 347 g/mol. The van der Waals surface area contributed by atoms with E-state index in [2.05, 4.69) is 10.4 Å². The predicted octanol–water partition coefficient (Wildman–Crippen LogP) is 4.44. The van der Waals surface area contributed by atoms with E-state index in [-0.39, 0.29) is 18.0 Å². The predicted molar refractivity (Wildman–Crippen MR) is 91.0 cm³/mol. The Kier molecular flexibility index (Phi) is 4.32. The van der Waals surface area contributed by atoms with Gasteiger partial charge in [0.15, 0.2) is 0 Å². The Labute approximate surface area is 143 Å². The number of aromatic nitrogens is 2. The number of hydrogen-bond donors (Lipinski definition) is 1. The number of fused-ring (bicyclic) bond motifs is 1. The van der Waals surface area contributed by atoms with Gasteiger partial charge in [0.2, 0.25) is 5.91 Å². The lowest BCUT2D eigenvalue weighted by molar-refractivity contribution is -0.115. The van der Waals surface area contributed by atoms with Gasteiger partial charge in [-0.3, -0.25) is 4.79 Å². The van der Waals surface area contributed by atoms with Crippen molar-refractivity contribution in [2.75, 3.05) is 5.32 Å². The molecule has 0 saturated carbocycles. The number of alkyl halides is 2. The number of halogens is 2. The SMILES string of the molecule is Cc1ccc2c(CC(=O)Nc3c(C)nn(C(F)F)c3C)coc2c1C. The van der Waals surface area contributed by atoms with Crippen LogP contribution in [0, 0.1) is 27.7 Å². The average Bonchev–Trinajstić information content (AvgIpc) is 3.07. The summed E-state index contributed by atoms with van der Waals surface area (Å²) in [5.74, 6) is -0.305. The fourth-order valence-electron chi connectivity index (χ4n) is 2.92. The maximum absolute atomic E-state index is 12.9. The molecule has 25 heavy (non-hydrogen) atoms. The molecule has 1 N–H and O–H groups in total. The Morgan fingerprint density at radius 3 is 2.64 bits per heavy atom. The fraction of sp³-hybridized carbons (Fsp3) is 0.333. The number of hydrogen-bond acceptors (Lipinski definition) is 3. The molecule has 0 aliphatic carbocycles. The largest absolute Gasteiger partial charge is 0.464 e. The fourth-order valence-corrected chi connectivity index (χ4v) is 2.92. The number of carbonyl (C=O) groups excluding carboxylic acids is 1. The average molecular weight is 347 g/mol. The summed E-state index contributed by atoms with van der Waals surface area (Å²) in [6.07, 6.45) is 1.66. The molecule has 0 bridgehead atoms. The molecule has 0 aliphatic heterocycles. The summed E-state index contributed by atoms with van der Waals surface area (Å²) in [5, 5.41) is 7.33. The van der Waals surface area contributed by atoms with Crippen molar-refractivity contribution in [1.82, 2.24) is 9.78 Å². The number of nitrogens with zero attached hydrogens (tertiary/aromatic N) is 2. The van der Waals surface area contributed by atoms with E-state index in [4.69, 9.17) is 4.42 Å². The third kappa shape index (κ3) is 3.01. The van der Waals surface area contributed by atoms with E-state index >= 15 is 0 Å². The highest BCUT2D eigenvalue weighted by atomic mass is 19.3. The Bertz CT molecular complexity index is 957. The molecule has 1 aromatic carbocycles. The number of rotatable bonds is 4. The first-order chi connectivity index (χ1) is 11.8. The van der Waals surface area contributed by atoms with Crippen molar-refractivity contribution in [3.05, 3.63) is 46.5 Å². The van der Waals surface area contributed by atoms with Crippen LogP contribution in [0.25, 0.3) is 11.0 Å². The van der Waals surface area contributed by atoms with E-state index in [1.807, 2.05) is 26.0 Å². The Morgan fingerprint density at radius 2 is 2.00 bits per heavy atom. The second-order valence-corrected chi connectivity index (χ2v) is 6.14. The molecule has 3 rings (SSSR count). The molecule has 3 aromatic rings. The number of aryl methyl sites for hydroxylation is 3. The summed E-state index contributed by atoms with van der Waals surface area (Å²) in [6, 6.07) is 3.91. The van der Waals surface area contributed by atoms with Crippen LogP contribution in [0.5, 0.6) is 0 Å². The van der Waals surface area contributed by atoms with Crippen molar-refractivity contribution in [2.24, 2.45) is 0 Å².